The van der Waals surface area contributed by atoms with Gasteiger partial charge in [-0.2, -0.15) is 0 Å². The Kier molecular flexibility index (Phi) is 5.27. The highest BCUT2D eigenvalue weighted by molar-refractivity contribution is 9.10. The molecule has 134 valence electrons. The third-order valence-electron chi connectivity index (χ3n) is 4.00. The van der Waals surface area contributed by atoms with E-state index < -0.39 is 0 Å². The highest BCUT2D eigenvalue weighted by Gasteiger charge is 2.28. The van der Waals surface area contributed by atoms with E-state index in [0.29, 0.717) is 29.8 Å². The molecule has 0 unspecified atom stereocenters. The number of nitrogens with zero attached hydrogens (tertiary/aromatic N) is 1. The summed E-state index contributed by atoms with van der Waals surface area (Å²) >= 11 is 3.41. The minimum atomic E-state index is -0.237. The molecule has 2 aromatic carbocycles. The van der Waals surface area contributed by atoms with Gasteiger partial charge in [-0.1, -0.05) is 34.1 Å². The summed E-state index contributed by atoms with van der Waals surface area (Å²) < 4.78 is 13.9. The maximum atomic E-state index is 11.9. The first-order chi connectivity index (χ1) is 12.5. The zero-order valence-corrected chi connectivity index (χ0v) is 16.0. The van der Waals surface area contributed by atoms with Crippen molar-refractivity contribution in [2.45, 2.75) is 6.61 Å². The Morgan fingerprint density at radius 1 is 1.19 bits per heavy atom. The van der Waals surface area contributed by atoms with E-state index in [4.69, 9.17) is 15.2 Å². The van der Waals surface area contributed by atoms with Crippen LogP contribution in [-0.4, -0.2) is 30.6 Å². The number of methoxy groups -OCH3 is 1. The van der Waals surface area contributed by atoms with Crippen molar-refractivity contribution in [3.05, 3.63) is 63.8 Å². The summed E-state index contributed by atoms with van der Waals surface area (Å²) in [5.41, 5.74) is 8.05. The van der Waals surface area contributed by atoms with Crippen LogP contribution in [0.4, 0.5) is 0 Å². The lowest BCUT2D eigenvalue weighted by molar-refractivity contribution is -0.432. The number of benzene rings is 2. The van der Waals surface area contributed by atoms with Crippen LogP contribution < -0.4 is 20.5 Å². The molecule has 3 rings (SSSR count). The van der Waals surface area contributed by atoms with E-state index in [1.165, 1.54) is 0 Å². The van der Waals surface area contributed by atoms with E-state index in [0.717, 1.165) is 15.6 Å². The minimum absolute atomic E-state index is 0.237. The highest BCUT2D eigenvalue weighted by Crippen LogP contribution is 2.30. The number of amides is 1. The first kappa shape index (κ1) is 18.0. The Morgan fingerprint density at radius 3 is 2.54 bits per heavy atom. The monoisotopic (exact) mass is 416 g/mol. The van der Waals surface area contributed by atoms with Gasteiger partial charge in [0.25, 0.3) is 0 Å². The lowest BCUT2D eigenvalue weighted by atomic mass is 10.1. The zero-order valence-electron chi connectivity index (χ0n) is 14.5. The van der Waals surface area contributed by atoms with Crippen LogP contribution in [0.25, 0.3) is 6.08 Å². The number of ether oxygens (including phenoxy) is 2. The molecule has 0 bridgehead atoms. The second-order valence-corrected chi connectivity index (χ2v) is 6.67. The van der Waals surface area contributed by atoms with Gasteiger partial charge in [0.15, 0.2) is 17.2 Å². The average molecular weight is 417 g/mol. The molecule has 0 fully saturated rings. The predicted molar refractivity (Wildman–Crippen MR) is 103 cm³/mol. The van der Waals surface area contributed by atoms with Gasteiger partial charge in [-0.15, -0.1) is 0 Å². The van der Waals surface area contributed by atoms with Crippen molar-refractivity contribution in [3.63, 3.8) is 0 Å². The van der Waals surface area contributed by atoms with Crippen LogP contribution in [0.1, 0.15) is 11.1 Å². The second-order valence-electron chi connectivity index (χ2n) is 5.75. The van der Waals surface area contributed by atoms with Crippen molar-refractivity contribution in [2.75, 3.05) is 14.2 Å². The number of carbonyl (C=O) groups is 1. The summed E-state index contributed by atoms with van der Waals surface area (Å²) in [5, 5.41) is 2.57. The van der Waals surface area contributed by atoms with E-state index in [2.05, 4.69) is 21.2 Å². The number of hydrogen-bond donors (Lipinski definition) is 2. The fraction of sp³-hybridized carbons (Fsp3) is 0.158. The standard InChI is InChI=1S/C19H18BrN3O3/c1-23-15(18(24)22-19(23)21)9-13-5-8-16(17(10-13)25-2)26-11-12-3-6-14(20)7-4-12/h3-10H,11H2,1-2H3,(H2,21,22,24)/p+1/b15-9+. The van der Waals surface area contributed by atoms with Crippen molar-refractivity contribution in [1.82, 2.24) is 5.32 Å². The molecule has 2 aromatic rings. The maximum absolute atomic E-state index is 11.9. The van der Waals surface area contributed by atoms with Crippen LogP contribution in [0.2, 0.25) is 0 Å². The minimum Gasteiger partial charge on any atom is -0.493 e. The number of halogens is 1. The van der Waals surface area contributed by atoms with Crippen LogP contribution in [0, 0.1) is 0 Å². The predicted octanol–water partition coefficient (Wildman–Crippen LogP) is 2.46. The van der Waals surface area contributed by atoms with Gasteiger partial charge in [0.2, 0.25) is 0 Å². The lowest BCUT2D eigenvalue weighted by Crippen LogP contribution is -2.32. The van der Waals surface area contributed by atoms with Gasteiger partial charge in [-0.3, -0.25) is 5.73 Å². The van der Waals surface area contributed by atoms with E-state index in [9.17, 15) is 4.79 Å². The maximum Gasteiger partial charge on any atom is 0.356 e. The topological polar surface area (TPSA) is 76.6 Å². The molecule has 6 nitrogen and oxygen atoms in total. The quantitative estimate of drug-likeness (QED) is 0.579. The first-order valence-electron chi connectivity index (χ1n) is 7.92. The Labute approximate surface area is 160 Å². The summed E-state index contributed by atoms with van der Waals surface area (Å²) in [4.78, 5) is 11.9. The van der Waals surface area contributed by atoms with Crippen molar-refractivity contribution in [1.29, 1.82) is 0 Å². The second kappa shape index (κ2) is 7.61. The normalized spacial score (nSPS) is 15.3. The fourth-order valence-corrected chi connectivity index (χ4v) is 2.77. The number of rotatable bonds is 5. The van der Waals surface area contributed by atoms with E-state index >= 15 is 0 Å². The van der Waals surface area contributed by atoms with Gasteiger partial charge >= 0.3 is 11.9 Å². The average Bonchev–Trinajstić information content (AvgIpc) is 2.88. The number of likely N-dealkylation sites (N-methyl/N-ethyl adjacent to an activating group) is 1. The van der Waals surface area contributed by atoms with Crippen LogP contribution in [-0.2, 0) is 11.4 Å². The molecule has 0 radical (unpaired) electrons. The van der Waals surface area contributed by atoms with Gasteiger partial charge in [-0.05, 0) is 41.5 Å². The molecule has 26 heavy (non-hydrogen) atoms. The van der Waals surface area contributed by atoms with Crippen molar-refractivity contribution >= 4 is 33.9 Å². The smallest absolute Gasteiger partial charge is 0.356 e. The number of hydrogen-bond acceptors (Lipinski definition) is 4. The molecule has 0 aliphatic carbocycles. The van der Waals surface area contributed by atoms with Crippen LogP contribution in [0.5, 0.6) is 11.5 Å². The summed E-state index contributed by atoms with van der Waals surface area (Å²) in [6, 6.07) is 13.4. The molecule has 1 amide bonds. The number of nitrogens with one attached hydrogen (secondary N) is 1. The van der Waals surface area contributed by atoms with Crippen LogP contribution in [0.3, 0.4) is 0 Å². The molecule has 1 aliphatic heterocycles. The van der Waals surface area contributed by atoms with Gasteiger partial charge in [0.1, 0.15) is 6.61 Å². The number of carbonyl (C=O) groups excluding carboxylic acids is 1. The lowest BCUT2D eigenvalue weighted by Gasteiger charge is -2.11. The molecule has 0 aromatic heterocycles. The molecule has 3 N–H and O–H groups in total. The third kappa shape index (κ3) is 3.88. The summed E-state index contributed by atoms with van der Waals surface area (Å²) in [6.07, 6.45) is 1.75. The fourth-order valence-electron chi connectivity index (χ4n) is 2.50. The number of nitrogens with two attached hydrogens (primary N) is 1. The van der Waals surface area contributed by atoms with Gasteiger partial charge in [-0.25, -0.2) is 14.7 Å². The molecule has 1 heterocycles. The highest BCUT2D eigenvalue weighted by atomic mass is 79.9. The Hall–Kier alpha value is -2.80. The molecular formula is C19H19BrN3O3+. The van der Waals surface area contributed by atoms with Gasteiger partial charge < -0.3 is 9.47 Å². The van der Waals surface area contributed by atoms with Crippen LogP contribution >= 0.6 is 15.9 Å². The van der Waals surface area contributed by atoms with E-state index in [1.54, 1.807) is 24.8 Å². The van der Waals surface area contributed by atoms with E-state index in [-0.39, 0.29) is 5.91 Å². The van der Waals surface area contributed by atoms with Gasteiger partial charge in [0.05, 0.1) is 14.2 Å². The van der Waals surface area contributed by atoms with Crippen molar-refractivity contribution in [2.24, 2.45) is 5.73 Å². The van der Waals surface area contributed by atoms with Crippen molar-refractivity contribution < 1.29 is 18.8 Å². The SMILES string of the molecule is COc1cc(/C=C2\C(=O)NC(N)=[N+]2C)ccc1OCc1ccc(Br)cc1. The molecule has 1 aliphatic rings. The largest absolute Gasteiger partial charge is 0.493 e. The number of guanidine groups is 1. The molecule has 0 spiro atoms. The molecule has 0 saturated heterocycles. The molecule has 0 saturated carbocycles. The first-order valence-corrected chi connectivity index (χ1v) is 8.71. The van der Waals surface area contributed by atoms with Crippen molar-refractivity contribution in [3.8, 4) is 11.5 Å². The molecular weight excluding hydrogens is 398 g/mol. The Balaban J connectivity index is 1.80. The zero-order chi connectivity index (χ0) is 18.7. The summed E-state index contributed by atoms with van der Waals surface area (Å²) in [7, 11) is 3.31. The third-order valence-corrected chi connectivity index (χ3v) is 4.52. The Bertz CT molecular complexity index is 905. The summed E-state index contributed by atoms with van der Waals surface area (Å²) in [6.45, 7) is 0.431. The molecule has 0 atom stereocenters. The molecule has 7 heteroatoms. The summed E-state index contributed by atoms with van der Waals surface area (Å²) in [5.74, 6) is 1.30. The Morgan fingerprint density at radius 2 is 1.92 bits per heavy atom. The van der Waals surface area contributed by atoms with Crippen LogP contribution in [0.15, 0.2) is 52.6 Å². The van der Waals surface area contributed by atoms with E-state index in [1.807, 2.05) is 42.5 Å². The van der Waals surface area contributed by atoms with Gasteiger partial charge in [0, 0.05) is 4.47 Å².